The van der Waals surface area contributed by atoms with Crippen molar-refractivity contribution in [3.63, 3.8) is 0 Å². The molecule has 0 spiro atoms. The molecule has 0 bridgehead atoms. The molecule has 5 nitrogen and oxygen atoms in total. The molecule has 1 fully saturated rings. The molecular weight excluding hydrogens is 424 g/mol. The van der Waals surface area contributed by atoms with E-state index in [0.717, 1.165) is 34.1 Å². The Bertz CT molecular complexity index is 807. The van der Waals surface area contributed by atoms with Gasteiger partial charge in [0.1, 0.15) is 11.9 Å². The van der Waals surface area contributed by atoms with Crippen molar-refractivity contribution in [2.24, 2.45) is 0 Å². The van der Waals surface area contributed by atoms with E-state index in [-0.39, 0.29) is 6.09 Å². The second-order valence-corrected chi connectivity index (χ2v) is 11.5. The van der Waals surface area contributed by atoms with Crippen LogP contribution in [0.25, 0.3) is 0 Å². The van der Waals surface area contributed by atoms with E-state index in [1.807, 2.05) is 45.0 Å². The fourth-order valence-corrected chi connectivity index (χ4v) is 5.50. The van der Waals surface area contributed by atoms with Gasteiger partial charge in [-0.1, -0.05) is 0 Å². The molecule has 1 aromatic carbocycles. The maximum atomic E-state index is 12.2. The second-order valence-electron chi connectivity index (χ2n) is 8.13. The van der Waals surface area contributed by atoms with Crippen molar-refractivity contribution in [1.29, 1.82) is 0 Å². The highest BCUT2D eigenvalue weighted by Gasteiger charge is 2.28. The Hall–Kier alpha value is -1.22. The first kappa shape index (κ1) is 22.5. The second kappa shape index (κ2) is 9.73. The van der Waals surface area contributed by atoms with Gasteiger partial charge in [-0.3, -0.25) is 0 Å². The van der Waals surface area contributed by atoms with Crippen molar-refractivity contribution in [2.45, 2.75) is 60.7 Å². The van der Waals surface area contributed by atoms with Crippen LogP contribution < -0.4 is 0 Å². The van der Waals surface area contributed by atoms with Crippen LogP contribution in [-0.2, 0) is 21.7 Å². The number of carbonyl (C=O) groups excluding carboxylic acids is 1. The topological polar surface area (TPSA) is 65.5 Å². The molecule has 1 saturated heterocycles. The first-order valence-corrected chi connectivity index (χ1v) is 13.1. The molecule has 8 heteroatoms. The van der Waals surface area contributed by atoms with E-state index < -0.39 is 16.8 Å². The average Bonchev–Trinajstić information content (AvgIpc) is 3.14. The number of aromatic nitrogens is 1. The van der Waals surface area contributed by atoms with Crippen molar-refractivity contribution in [3.05, 3.63) is 40.3 Å². The third-order valence-corrected chi connectivity index (χ3v) is 7.65. The fourth-order valence-electron chi connectivity index (χ4n) is 3.10. The Labute approximate surface area is 184 Å². The lowest BCUT2D eigenvalue weighted by molar-refractivity contribution is 0.0204. The van der Waals surface area contributed by atoms with E-state index in [4.69, 9.17) is 9.72 Å². The highest BCUT2D eigenvalue weighted by Crippen LogP contribution is 2.32. The molecule has 0 radical (unpaired) electrons. The summed E-state index contributed by atoms with van der Waals surface area (Å²) in [6.45, 7) is 7.12. The number of ether oxygens (including phenoxy) is 1. The minimum atomic E-state index is -0.940. The highest BCUT2D eigenvalue weighted by molar-refractivity contribution is 7.98. The molecule has 2 heterocycles. The summed E-state index contributed by atoms with van der Waals surface area (Å²) in [5, 5.41) is 3.30. The summed E-state index contributed by atoms with van der Waals surface area (Å²) in [7, 11) is 0. The molecule has 0 N–H and O–H groups in total. The molecule has 1 aromatic heterocycles. The van der Waals surface area contributed by atoms with Gasteiger partial charge in [-0.15, -0.1) is 23.1 Å². The molecule has 1 atom stereocenters. The lowest BCUT2D eigenvalue weighted by Gasteiger charge is -2.32. The van der Waals surface area contributed by atoms with Crippen LogP contribution in [0.1, 0.15) is 50.2 Å². The Balaban J connectivity index is 1.48. The van der Waals surface area contributed by atoms with Gasteiger partial charge in [0.25, 0.3) is 0 Å². The van der Waals surface area contributed by atoms with Gasteiger partial charge >= 0.3 is 6.09 Å². The summed E-state index contributed by atoms with van der Waals surface area (Å²) < 4.78 is 16.9. The smallest absolute Gasteiger partial charge is 0.410 e. The average molecular weight is 453 g/mol. The predicted molar refractivity (Wildman–Crippen MR) is 120 cm³/mol. The summed E-state index contributed by atoms with van der Waals surface area (Å²) >= 11 is 2.52. The highest BCUT2D eigenvalue weighted by atomic mass is 32.2. The first-order chi connectivity index (χ1) is 13.7. The maximum Gasteiger partial charge on any atom is 0.410 e. The molecule has 1 unspecified atom stereocenters. The summed E-state index contributed by atoms with van der Waals surface area (Å²) in [4.78, 5) is 20.9. The zero-order valence-corrected chi connectivity index (χ0v) is 19.8. The third kappa shape index (κ3) is 6.64. The number of hydrogen-bond acceptors (Lipinski definition) is 6. The van der Waals surface area contributed by atoms with E-state index in [2.05, 4.69) is 5.38 Å². The summed E-state index contributed by atoms with van der Waals surface area (Å²) in [5.74, 6) is 1.23. The van der Waals surface area contributed by atoms with Gasteiger partial charge in [0, 0.05) is 35.0 Å². The Morgan fingerprint density at radius 1 is 1.31 bits per heavy atom. The normalized spacial score (nSPS) is 16.7. The van der Waals surface area contributed by atoms with Crippen LogP contribution in [0.3, 0.4) is 0 Å². The van der Waals surface area contributed by atoms with E-state index in [9.17, 15) is 9.35 Å². The molecule has 3 rings (SSSR count). The number of benzene rings is 1. The Kier molecular flexibility index (Phi) is 7.53. The standard InChI is InChI=1S/C21H28N2O3S3/c1-21(2,3)26-20(24)23-11-9-15(10-12-23)19-22-16(14-28-19)13-27-17-5-7-18(8-6-17)29(4)25/h5-8,14-15H,9-13H2,1-4H3. The van der Waals surface area contributed by atoms with Gasteiger partial charge in [0.2, 0.25) is 0 Å². The molecule has 1 aliphatic heterocycles. The van der Waals surface area contributed by atoms with E-state index in [0.29, 0.717) is 19.0 Å². The van der Waals surface area contributed by atoms with Gasteiger partial charge in [-0.2, -0.15) is 0 Å². The van der Waals surface area contributed by atoms with Crippen molar-refractivity contribution in [1.82, 2.24) is 9.88 Å². The number of nitrogens with zero attached hydrogens (tertiary/aromatic N) is 2. The zero-order valence-electron chi connectivity index (χ0n) is 17.3. The van der Waals surface area contributed by atoms with Crippen molar-refractivity contribution in [3.8, 4) is 0 Å². The molecule has 158 valence electrons. The van der Waals surface area contributed by atoms with Crippen LogP contribution in [0.2, 0.25) is 0 Å². The monoisotopic (exact) mass is 452 g/mol. The number of carbonyl (C=O) groups is 1. The number of piperidine rings is 1. The third-order valence-electron chi connectivity index (χ3n) is 4.61. The molecule has 2 aromatic rings. The SMILES string of the molecule is C[S+]([O-])c1ccc(SCc2csc(C3CCN(C(=O)OC(C)(C)C)CC3)n2)cc1. The van der Waals surface area contributed by atoms with E-state index in [1.54, 1.807) is 34.3 Å². The summed E-state index contributed by atoms with van der Waals surface area (Å²) in [6.07, 6.45) is 3.33. The molecule has 0 saturated carbocycles. The zero-order chi connectivity index (χ0) is 21.0. The van der Waals surface area contributed by atoms with Crippen LogP contribution in [0, 0.1) is 0 Å². The molecule has 0 aliphatic carbocycles. The number of amides is 1. The maximum absolute atomic E-state index is 12.2. The van der Waals surface area contributed by atoms with Crippen LogP contribution >= 0.6 is 23.1 Å². The fraction of sp³-hybridized carbons (Fsp3) is 0.524. The Morgan fingerprint density at radius 3 is 2.55 bits per heavy atom. The minimum Gasteiger partial charge on any atom is -0.612 e. The van der Waals surface area contributed by atoms with Crippen molar-refractivity contribution in [2.75, 3.05) is 19.3 Å². The molecular formula is C21H28N2O3S3. The molecule has 29 heavy (non-hydrogen) atoms. The summed E-state index contributed by atoms with van der Waals surface area (Å²) in [5.41, 5.74) is 0.636. The van der Waals surface area contributed by atoms with E-state index in [1.165, 1.54) is 5.01 Å². The van der Waals surface area contributed by atoms with E-state index >= 15 is 0 Å². The van der Waals surface area contributed by atoms with Gasteiger partial charge in [0.05, 0.1) is 10.7 Å². The van der Waals surface area contributed by atoms with Crippen LogP contribution in [0.4, 0.5) is 4.79 Å². The first-order valence-electron chi connectivity index (χ1n) is 9.70. The summed E-state index contributed by atoms with van der Waals surface area (Å²) in [6, 6.07) is 7.87. The van der Waals surface area contributed by atoms with Gasteiger partial charge in [-0.25, -0.2) is 9.78 Å². The number of rotatable bonds is 5. The number of hydrogen-bond donors (Lipinski definition) is 0. The van der Waals surface area contributed by atoms with Crippen LogP contribution in [-0.4, -0.2) is 45.5 Å². The lowest BCUT2D eigenvalue weighted by atomic mass is 9.98. The minimum absolute atomic E-state index is 0.217. The predicted octanol–water partition coefficient (Wildman–Crippen LogP) is 5.29. The molecule has 1 amide bonds. The largest absolute Gasteiger partial charge is 0.612 e. The van der Waals surface area contributed by atoms with Gasteiger partial charge < -0.3 is 14.2 Å². The Morgan fingerprint density at radius 2 is 1.97 bits per heavy atom. The van der Waals surface area contributed by atoms with Crippen molar-refractivity contribution < 1.29 is 14.1 Å². The number of thiazole rings is 1. The van der Waals surface area contributed by atoms with Gasteiger partial charge in [0.15, 0.2) is 4.90 Å². The van der Waals surface area contributed by atoms with Crippen LogP contribution in [0.5, 0.6) is 0 Å². The molecule has 1 aliphatic rings. The van der Waals surface area contributed by atoms with Crippen molar-refractivity contribution >= 4 is 40.4 Å². The number of likely N-dealkylation sites (tertiary alicyclic amines) is 1. The lowest BCUT2D eigenvalue weighted by Crippen LogP contribution is -2.41. The number of thioether (sulfide) groups is 1. The quantitative estimate of drug-likeness (QED) is 0.456. The van der Waals surface area contributed by atoms with Crippen LogP contribution in [0.15, 0.2) is 39.4 Å². The van der Waals surface area contributed by atoms with Gasteiger partial charge in [-0.05, 0) is 69.1 Å².